The average Bonchev–Trinajstić information content (AvgIpc) is 2.48. The van der Waals surface area contributed by atoms with Crippen LogP contribution in [-0.2, 0) is 25.6 Å². The molecular formula is C10H11NO5S2. The van der Waals surface area contributed by atoms with Crippen LogP contribution in [0.4, 0.5) is 0 Å². The van der Waals surface area contributed by atoms with Crippen LogP contribution in [0.1, 0.15) is 13.3 Å². The molecule has 2 rings (SSSR count). The van der Waals surface area contributed by atoms with Crippen molar-refractivity contribution in [1.29, 1.82) is 0 Å². The van der Waals surface area contributed by atoms with Gasteiger partial charge in [0.15, 0.2) is 10.0 Å². The molecule has 2 heterocycles. The number of amides is 1. The normalized spacial score (nSPS) is 32.3. The SMILES string of the molecule is CC(=O)SC/C=C1/C(C(=O)O)N2C(=O)CC2[S+]1[O-]. The van der Waals surface area contributed by atoms with Gasteiger partial charge in [-0.15, -0.1) is 0 Å². The number of carboxylic acid groups (broad SMARTS) is 1. The Labute approximate surface area is 111 Å². The van der Waals surface area contributed by atoms with Crippen molar-refractivity contribution in [3.8, 4) is 0 Å². The first-order valence-electron chi connectivity index (χ1n) is 5.21. The fourth-order valence-electron chi connectivity index (χ4n) is 1.97. The van der Waals surface area contributed by atoms with Crippen molar-refractivity contribution in [2.45, 2.75) is 24.8 Å². The van der Waals surface area contributed by atoms with Gasteiger partial charge in [-0.25, -0.2) is 4.79 Å². The topological polar surface area (TPSA) is 97.7 Å². The molecule has 0 saturated carbocycles. The summed E-state index contributed by atoms with van der Waals surface area (Å²) in [5, 5.41) is 8.50. The molecular weight excluding hydrogens is 278 g/mol. The number of β-lactam (4-membered cyclic amide) rings is 1. The van der Waals surface area contributed by atoms with E-state index < -0.39 is 28.6 Å². The Kier molecular flexibility index (Phi) is 3.69. The lowest BCUT2D eigenvalue weighted by molar-refractivity contribution is -0.154. The maximum atomic E-state index is 12.0. The van der Waals surface area contributed by atoms with Crippen LogP contribution in [0.15, 0.2) is 11.0 Å². The molecule has 1 amide bonds. The fourth-order valence-corrected chi connectivity index (χ4v) is 4.31. The number of nitrogens with zero attached hydrogens (tertiary/aromatic N) is 1. The van der Waals surface area contributed by atoms with Gasteiger partial charge in [0.2, 0.25) is 17.3 Å². The van der Waals surface area contributed by atoms with Gasteiger partial charge in [-0.1, -0.05) is 11.8 Å². The molecule has 0 aromatic rings. The van der Waals surface area contributed by atoms with E-state index in [1.807, 2.05) is 0 Å². The van der Waals surface area contributed by atoms with E-state index in [0.29, 0.717) is 0 Å². The first-order valence-corrected chi connectivity index (χ1v) is 7.41. The van der Waals surface area contributed by atoms with Crippen LogP contribution in [0.25, 0.3) is 0 Å². The number of fused-ring (bicyclic) bond motifs is 1. The van der Waals surface area contributed by atoms with Gasteiger partial charge >= 0.3 is 5.97 Å². The van der Waals surface area contributed by atoms with Crippen LogP contribution in [0.2, 0.25) is 0 Å². The monoisotopic (exact) mass is 289 g/mol. The molecule has 3 unspecified atom stereocenters. The lowest BCUT2D eigenvalue weighted by atomic mass is 10.1. The summed E-state index contributed by atoms with van der Waals surface area (Å²) in [7, 11) is 0. The molecule has 2 aliphatic heterocycles. The molecule has 2 saturated heterocycles. The van der Waals surface area contributed by atoms with Gasteiger partial charge in [0, 0.05) is 23.9 Å². The molecule has 98 valence electrons. The van der Waals surface area contributed by atoms with Gasteiger partial charge in [-0.2, -0.15) is 0 Å². The molecule has 0 spiro atoms. The minimum absolute atomic E-state index is 0.0955. The first kappa shape index (κ1) is 13.4. The zero-order valence-electron chi connectivity index (χ0n) is 9.49. The van der Waals surface area contributed by atoms with Crippen molar-refractivity contribution < 1.29 is 24.0 Å². The Morgan fingerprint density at radius 1 is 1.67 bits per heavy atom. The first-order chi connectivity index (χ1) is 8.43. The van der Waals surface area contributed by atoms with E-state index >= 15 is 0 Å². The molecule has 18 heavy (non-hydrogen) atoms. The molecule has 2 aliphatic rings. The number of carbonyl (C=O) groups is 3. The molecule has 0 radical (unpaired) electrons. The number of thioether (sulfide) groups is 1. The molecule has 8 heteroatoms. The highest BCUT2D eigenvalue weighted by atomic mass is 32.2. The van der Waals surface area contributed by atoms with Crippen molar-refractivity contribution in [3.63, 3.8) is 0 Å². The highest BCUT2D eigenvalue weighted by Crippen LogP contribution is 2.41. The van der Waals surface area contributed by atoms with E-state index in [9.17, 15) is 18.9 Å². The summed E-state index contributed by atoms with van der Waals surface area (Å²) in [6.45, 7) is 1.40. The van der Waals surface area contributed by atoms with Gasteiger partial charge in [-0.05, 0) is 6.08 Å². The molecule has 0 aromatic carbocycles. The zero-order valence-corrected chi connectivity index (χ0v) is 11.1. The standard InChI is InChI=1S/C10H11NO5S2/c1-5(12)17-3-2-6-9(10(14)15)11-7(13)4-8(11)18(6)16/h2,8-9H,3-4H2,1H3,(H,14,15)/b6-2-. The third kappa shape index (κ3) is 2.15. The average molecular weight is 289 g/mol. The predicted molar refractivity (Wildman–Crippen MR) is 66.0 cm³/mol. The van der Waals surface area contributed by atoms with E-state index in [1.54, 1.807) is 0 Å². The van der Waals surface area contributed by atoms with Gasteiger partial charge in [-0.3, -0.25) is 14.5 Å². The second-order valence-corrected chi connectivity index (χ2v) is 6.71. The van der Waals surface area contributed by atoms with Crippen LogP contribution >= 0.6 is 11.8 Å². The summed E-state index contributed by atoms with van der Waals surface area (Å²) in [5.41, 5.74) is 0. The molecule has 0 bridgehead atoms. The maximum Gasteiger partial charge on any atom is 0.335 e. The Morgan fingerprint density at radius 3 is 2.83 bits per heavy atom. The number of aliphatic carboxylic acids is 1. The smallest absolute Gasteiger partial charge is 0.335 e. The van der Waals surface area contributed by atoms with Crippen LogP contribution in [0, 0.1) is 0 Å². The highest BCUT2D eigenvalue weighted by molar-refractivity contribution is 8.13. The number of hydrogen-bond acceptors (Lipinski definition) is 5. The number of rotatable bonds is 3. The van der Waals surface area contributed by atoms with E-state index in [-0.39, 0.29) is 28.1 Å². The van der Waals surface area contributed by atoms with Crippen LogP contribution in [0.3, 0.4) is 0 Å². The summed E-state index contributed by atoms with van der Waals surface area (Å²) in [6, 6.07) is -1.13. The lowest BCUT2D eigenvalue weighted by Gasteiger charge is -2.32. The van der Waals surface area contributed by atoms with Crippen LogP contribution < -0.4 is 0 Å². The third-order valence-electron chi connectivity index (χ3n) is 2.78. The largest absolute Gasteiger partial charge is 0.610 e. The van der Waals surface area contributed by atoms with Crippen molar-refractivity contribution in [2.75, 3.05) is 5.75 Å². The Morgan fingerprint density at radius 2 is 2.33 bits per heavy atom. The maximum absolute atomic E-state index is 12.0. The predicted octanol–water partition coefficient (Wildman–Crippen LogP) is -0.0761. The zero-order chi connectivity index (χ0) is 13.4. The van der Waals surface area contributed by atoms with Crippen LogP contribution in [0.5, 0.6) is 0 Å². The van der Waals surface area contributed by atoms with Crippen molar-refractivity contribution >= 4 is 39.9 Å². The van der Waals surface area contributed by atoms with Gasteiger partial charge in [0.25, 0.3) is 0 Å². The Bertz CT molecular complexity index is 450. The number of carboxylic acids is 1. The summed E-state index contributed by atoms with van der Waals surface area (Å²) < 4.78 is 12.0. The van der Waals surface area contributed by atoms with E-state index in [1.165, 1.54) is 13.0 Å². The summed E-state index contributed by atoms with van der Waals surface area (Å²) in [5.74, 6) is -1.20. The fraction of sp³-hybridized carbons (Fsp3) is 0.500. The second-order valence-electron chi connectivity index (χ2n) is 3.91. The number of hydrogen-bond donors (Lipinski definition) is 1. The van der Waals surface area contributed by atoms with E-state index in [0.717, 1.165) is 16.7 Å². The minimum atomic E-state index is -1.47. The van der Waals surface area contributed by atoms with Crippen LogP contribution in [-0.4, -0.2) is 48.7 Å². The minimum Gasteiger partial charge on any atom is -0.610 e. The lowest BCUT2D eigenvalue weighted by Crippen LogP contribution is -2.55. The van der Waals surface area contributed by atoms with Crippen molar-refractivity contribution in [3.05, 3.63) is 11.0 Å². The Hall–Kier alpha value is -0.990. The summed E-state index contributed by atoms with van der Waals surface area (Å²) in [6.07, 6.45) is 1.63. The second kappa shape index (κ2) is 4.94. The molecule has 6 nitrogen and oxygen atoms in total. The highest BCUT2D eigenvalue weighted by Gasteiger charge is 2.61. The van der Waals surface area contributed by atoms with E-state index in [2.05, 4.69) is 0 Å². The quantitative estimate of drug-likeness (QED) is 0.576. The molecule has 2 fully saturated rings. The number of carbonyl (C=O) groups excluding carboxylic acids is 2. The van der Waals surface area contributed by atoms with Gasteiger partial charge in [0.05, 0.1) is 6.42 Å². The van der Waals surface area contributed by atoms with E-state index in [4.69, 9.17) is 5.11 Å². The summed E-state index contributed by atoms with van der Waals surface area (Å²) in [4.78, 5) is 34.7. The van der Waals surface area contributed by atoms with Gasteiger partial charge in [0.1, 0.15) is 0 Å². The molecule has 1 N–H and O–H groups in total. The van der Waals surface area contributed by atoms with Crippen molar-refractivity contribution in [1.82, 2.24) is 4.90 Å². The van der Waals surface area contributed by atoms with Gasteiger partial charge < -0.3 is 9.66 Å². The van der Waals surface area contributed by atoms with Crippen molar-refractivity contribution in [2.24, 2.45) is 0 Å². The summed E-state index contributed by atoms with van der Waals surface area (Å²) >= 11 is -0.463. The Balaban J connectivity index is 2.19. The molecule has 0 aliphatic carbocycles. The molecule has 3 atom stereocenters. The third-order valence-corrected chi connectivity index (χ3v) is 5.26. The molecule has 0 aromatic heterocycles.